The third kappa shape index (κ3) is 1.31. The van der Waals surface area contributed by atoms with Gasteiger partial charge in [-0.1, -0.05) is 6.92 Å². The van der Waals surface area contributed by atoms with Crippen molar-refractivity contribution in [1.29, 1.82) is 0 Å². The van der Waals surface area contributed by atoms with Crippen LogP contribution >= 0.6 is 0 Å². The van der Waals surface area contributed by atoms with Gasteiger partial charge in [0.15, 0.2) is 11.5 Å². The summed E-state index contributed by atoms with van der Waals surface area (Å²) in [6.45, 7) is 2.18. The fourth-order valence-electron chi connectivity index (χ4n) is 2.43. The number of fused-ring (bicyclic) bond motifs is 4. The maximum atomic E-state index is 12.0. The van der Waals surface area contributed by atoms with E-state index in [0.29, 0.717) is 22.6 Å². The molecule has 2 aromatic heterocycles. The minimum absolute atomic E-state index is 0.173. The minimum Gasteiger partial charge on any atom is -0.454 e. The van der Waals surface area contributed by atoms with Crippen molar-refractivity contribution in [3.63, 3.8) is 0 Å². The summed E-state index contributed by atoms with van der Waals surface area (Å²) < 4.78 is 15.9. The maximum Gasteiger partial charge on any atom is 0.345 e. The first-order chi connectivity index (χ1) is 9.28. The lowest BCUT2D eigenvalue weighted by molar-refractivity contribution is 0.174. The third-order valence-corrected chi connectivity index (χ3v) is 3.35. The zero-order chi connectivity index (χ0) is 13.0. The molecule has 3 aromatic rings. The molecule has 0 amide bonds. The van der Waals surface area contributed by atoms with Crippen LogP contribution in [-0.4, -0.2) is 17.0 Å². The predicted octanol–water partition coefficient (Wildman–Crippen LogP) is 1.96. The van der Waals surface area contributed by atoms with Gasteiger partial charge in [-0.3, -0.25) is 5.10 Å². The first-order valence-electron chi connectivity index (χ1n) is 6.01. The van der Waals surface area contributed by atoms with Crippen molar-refractivity contribution in [2.24, 2.45) is 0 Å². The summed E-state index contributed by atoms with van der Waals surface area (Å²) in [5, 5.41) is 9.01. The molecule has 6 heteroatoms. The van der Waals surface area contributed by atoms with E-state index in [4.69, 9.17) is 13.9 Å². The zero-order valence-corrected chi connectivity index (χ0v) is 10.1. The molecule has 0 saturated heterocycles. The quantitative estimate of drug-likeness (QED) is 0.722. The van der Waals surface area contributed by atoms with Crippen molar-refractivity contribution >= 4 is 21.9 Å². The van der Waals surface area contributed by atoms with E-state index in [-0.39, 0.29) is 6.79 Å². The van der Waals surface area contributed by atoms with E-state index < -0.39 is 5.63 Å². The van der Waals surface area contributed by atoms with Gasteiger partial charge in [0.05, 0.1) is 10.8 Å². The summed E-state index contributed by atoms with van der Waals surface area (Å²) in [6.07, 6.45) is 0.772. The van der Waals surface area contributed by atoms with Crippen LogP contribution in [0.15, 0.2) is 21.3 Å². The molecule has 96 valence electrons. The Morgan fingerprint density at radius 2 is 2.00 bits per heavy atom. The summed E-state index contributed by atoms with van der Waals surface area (Å²) >= 11 is 0. The molecule has 19 heavy (non-hydrogen) atoms. The van der Waals surface area contributed by atoms with Gasteiger partial charge in [-0.25, -0.2) is 4.79 Å². The number of rotatable bonds is 1. The molecular weight excluding hydrogens is 248 g/mol. The first kappa shape index (κ1) is 10.4. The molecule has 3 heterocycles. The molecule has 0 atom stereocenters. The van der Waals surface area contributed by atoms with Gasteiger partial charge in [-0.15, -0.1) is 5.10 Å². The highest BCUT2D eigenvalue weighted by molar-refractivity contribution is 6.05. The molecule has 1 N–H and O–H groups in total. The molecule has 0 saturated carbocycles. The van der Waals surface area contributed by atoms with Crippen molar-refractivity contribution in [1.82, 2.24) is 10.2 Å². The molecule has 1 aliphatic heterocycles. The Balaban J connectivity index is 2.24. The number of H-pyrrole nitrogens is 1. The number of ether oxygens (including phenoxy) is 2. The number of aromatic nitrogens is 2. The van der Waals surface area contributed by atoms with Crippen LogP contribution in [0.4, 0.5) is 0 Å². The Bertz CT molecular complexity index is 862. The van der Waals surface area contributed by atoms with E-state index in [1.54, 1.807) is 6.07 Å². The van der Waals surface area contributed by atoms with Gasteiger partial charge in [0, 0.05) is 11.1 Å². The van der Waals surface area contributed by atoms with Crippen LogP contribution in [0, 0.1) is 0 Å². The van der Waals surface area contributed by atoms with E-state index in [1.807, 2.05) is 13.0 Å². The van der Waals surface area contributed by atoms with Crippen molar-refractivity contribution in [3.05, 3.63) is 28.2 Å². The molecule has 0 radical (unpaired) electrons. The zero-order valence-electron chi connectivity index (χ0n) is 10.1. The number of benzene rings is 1. The van der Waals surface area contributed by atoms with Gasteiger partial charge in [-0.2, -0.15) is 0 Å². The highest BCUT2D eigenvalue weighted by Gasteiger charge is 2.20. The van der Waals surface area contributed by atoms with Crippen LogP contribution < -0.4 is 15.1 Å². The number of aryl methyl sites for hydroxylation is 1. The third-order valence-electron chi connectivity index (χ3n) is 3.35. The van der Waals surface area contributed by atoms with E-state index in [0.717, 1.165) is 22.9 Å². The van der Waals surface area contributed by atoms with Crippen LogP contribution in [-0.2, 0) is 6.42 Å². The average molecular weight is 258 g/mol. The lowest BCUT2D eigenvalue weighted by atomic mass is 10.1. The minimum atomic E-state index is -0.421. The van der Waals surface area contributed by atoms with Gasteiger partial charge in [-0.05, 0) is 18.6 Å². The smallest absolute Gasteiger partial charge is 0.345 e. The van der Waals surface area contributed by atoms with E-state index in [2.05, 4.69) is 10.2 Å². The van der Waals surface area contributed by atoms with Crippen LogP contribution in [0.25, 0.3) is 21.9 Å². The molecule has 0 spiro atoms. The molecule has 0 fully saturated rings. The van der Waals surface area contributed by atoms with Gasteiger partial charge < -0.3 is 13.9 Å². The van der Waals surface area contributed by atoms with Crippen molar-refractivity contribution in [2.75, 3.05) is 6.79 Å². The van der Waals surface area contributed by atoms with E-state index in [9.17, 15) is 4.79 Å². The van der Waals surface area contributed by atoms with Crippen molar-refractivity contribution in [2.45, 2.75) is 13.3 Å². The molecule has 0 aliphatic carbocycles. The fourth-order valence-corrected chi connectivity index (χ4v) is 2.43. The maximum absolute atomic E-state index is 12.0. The summed E-state index contributed by atoms with van der Waals surface area (Å²) in [5.74, 6) is 1.21. The van der Waals surface area contributed by atoms with Gasteiger partial charge in [0.1, 0.15) is 0 Å². The molecule has 1 aromatic carbocycles. The molecule has 6 nitrogen and oxygen atoms in total. The number of aromatic amines is 1. The lowest BCUT2D eigenvalue weighted by Crippen LogP contribution is -1.99. The largest absolute Gasteiger partial charge is 0.454 e. The molecule has 1 aliphatic rings. The topological polar surface area (TPSA) is 77.4 Å². The first-order valence-corrected chi connectivity index (χ1v) is 6.01. The summed E-state index contributed by atoms with van der Waals surface area (Å²) in [4.78, 5) is 12.0. The fraction of sp³-hybridized carbons (Fsp3) is 0.231. The predicted molar refractivity (Wildman–Crippen MR) is 67.6 cm³/mol. The summed E-state index contributed by atoms with van der Waals surface area (Å²) in [6, 6.07) is 3.47. The van der Waals surface area contributed by atoms with Crippen molar-refractivity contribution in [3.8, 4) is 11.5 Å². The Hall–Kier alpha value is -2.50. The Labute approximate surface area is 106 Å². The number of nitrogens with one attached hydrogen (secondary N) is 1. The average Bonchev–Trinajstić information content (AvgIpc) is 3.02. The van der Waals surface area contributed by atoms with Gasteiger partial charge in [0.2, 0.25) is 12.5 Å². The van der Waals surface area contributed by atoms with Crippen molar-refractivity contribution < 1.29 is 13.9 Å². The number of hydrogen-bond donors (Lipinski definition) is 1. The summed E-state index contributed by atoms with van der Waals surface area (Å²) in [5.41, 5.74) is 0.839. The van der Waals surface area contributed by atoms with E-state index in [1.165, 1.54) is 0 Å². The Morgan fingerprint density at radius 3 is 2.74 bits per heavy atom. The second-order valence-corrected chi connectivity index (χ2v) is 4.38. The van der Waals surface area contributed by atoms with Gasteiger partial charge >= 0.3 is 5.63 Å². The van der Waals surface area contributed by atoms with Crippen LogP contribution in [0.5, 0.6) is 11.5 Å². The molecular formula is C13H10N2O4. The second-order valence-electron chi connectivity index (χ2n) is 4.38. The second kappa shape index (κ2) is 3.50. The summed E-state index contributed by atoms with van der Waals surface area (Å²) in [7, 11) is 0. The molecule has 0 unspecified atom stereocenters. The Morgan fingerprint density at radius 1 is 1.26 bits per heavy atom. The SMILES string of the molecule is CCc1[nH]nc2oc(=O)c3cc4c(cc3c12)OCO4. The number of hydrogen-bond acceptors (Lipinski definition) is 5. The van der Waals surface area contributed by atoms with Crippen LogP contribution in [0.2, 0.25) is 0 Å². The van der Waals surface area contributed by atoms with Crippen LogP contribution in [0.1, 0.15) is 12.6 Å². The Kier molecular flexibility index (Phi) is 1.92. The molecule has 0 bridgehead atoms. The lowest BCUT2D eigenvalue weighted by Gasteiger charge is -2.02. The highest BCUT2D eigenvalue weighted by Crippen LogP contribution is 2.37. The van der Waals surface area contributed by atoms with Crippen LogP contribution in [0.3, 0.4) is 0 Å². The monoisotopic (exact) mass is 258 g/mol. The van der Waals surface area contributed by atoms with Gasteiger partial charge in [0.25, 0.3) is 0 Å². The molecule has 4 rings (SSSR count). The highest BCUT2D eigenvalue weighted by atomic mass is 16.7. The normalized spacial score (nSPS) is 13.5. The van der Waals surface area contributed by atoms with E-state index >= 15 is 0 Å². The number of nitrogens with zero attached hydrogens (tertiary/aromatic N) is 1. The standard InChI is InChI=1S/C13H10N2O4/c1-2-8-11-6-3-9-10(18-5-17-9)4-7(6)13(16)19-12(11)15-14-8/h3-4H,2,5H2,1H3,(H,14,15).